The van der Waals surface area contributed by atoms with Gasteiger partial charge in [-0.15, -0.1) is 0 Å². The Morgan fingerprint density at radius 1 is 1.21 bits per heavy atom. The Balaban J connectivity index is 2.07. The summed E-state index contributed by atoms with van der Waals surface area (Å²) in [6.07, 6.45) is 0. The third-order valence-corrected chi connectivity index (χ3v) is 3.90. The van der Waals surface area contributed by atoms with E-state index in [1.807, 2.05) is 6.92 Å². The van der Waals surface area contributed by atoms with Gasteiger partial charge < -0.3 is 19.5 Å². The highest BCUT2D eigenvalue weighted by atomic mass is 32.1. The van der Waals surface area contributed by atoms with E-state index in [2.05, 4.69) is 10.6 Å². The van der Waals surface area contributed by atoms with Crippen LogP contribution >= 0.6 is 12.2 Å². The van der Waals surface area contributed by atoms with Crippen LogP contribution in [0.15, 0.2) is 42.5 Å². The van der Waals surface area contributed by atoms with Crippen molar-refractivity contribution in [3.05, 3.63) is 58.1 Å². The number of hydrogen-bond acceptors (Lipinski definition) is 7. The van der Waals surface area contributed by atoms with Gasteiger partial charge in [0.1, 0.15) is 23.8 Å². The average molecular weight is 419 g/mol. The smallest absolute Gasteiger partial charge is 0.296 e. The predicted octanol–water partition coefficient (Wildman–Crippen LogP) is 3.15. The number of amides is 1. The summed E-state index contributed by atoms with van der Waals surface area (Å²) in [6, 6.07) is 10.9. The van der Waals surface area contributed by atoms with E-state index < -0.39 is 10.8 Å². The molecule has 0 spiro atoms. The third-order valence-electron chi connectivity index (χ3n) is 3.70. The van der Waals surface area contributed by atoms with Crippen LogP contribution in [-0.4, -0.2) is 42.9 Å². The number of nitrogens with zero attached hydrogens (tertiary/aromatic N) is 1. The molecule has 0 atom stereocenters. The van der Waals surface area contributed by atoms with Crippen molar-refractivity contribution >= 4 is 34.6 Å². The summed E-state index contributed by atoms with van der Waals surface area (Å²) >= 11 is 5.13. The van der Waals surface area contributed by atoms with Gasteiger partial charge in [-0.1, -0.05) is 12.1 Å². The number of thiocarbonyl (C=S) groups is 1. The number of nitro groups is 1. The predicted molar refractivity (Wildman–Crippen MR) is 112 cm³/mol. The number of benzene rings is 2. The number of hydrogen-bond donors (Lipinski definition) is 2. The zero-order chi connectivity index (χ0) is 21.2. The SMILES string of the molecule is CCOCCOc1ccccc1C(=O)NC(=S)Nc1ccc(OC)cc1[N+](=O)[O-]. The highest BCUT2D eigenvalue weighted by Gasteiger charge is 2.18. The van der Waals surface area contributed by atoms with Crippen molar-refractivity contribution in [1.29, 1.82) is 0 Å². The van der Waals surface area contributed by atoms with Crippen molar-refractivity contribution in [3.8, 4) is 11.5 Å². The molecule has 0 aliphatic rings. The summed E-state index contributed by atoms with van der Waals surface area (Å²) in [7, 11) is 1.41. The number of nitro benzene ring substituents is 1. The van der Waals surface area contributed by atoms with Crippen molar-refractivity contribution in [2.75, 3.05) is 32.2 Å². The van der Waals surface area contributed by atoms with E-state index in [0.29, 0.717) is 31.3 Å². The second kappa shape index (κ2) is 10.9. The molecule has 2 rings (SSSR count). The fourth-order valence-corrected chi connectivity index (χ4v) is 2.56. The lowest BCUT2D eigenvalue weighted by molar-refractivity contribution is -0.384. The summed E-state index contributed by atoms with van der Waals surface area (Å²) in [5.41, 5.74) is 0.167. The Kier molecular flexibility index (Phi) is 8.31. The molecule has 0 aromatic heterocycles. The van der Waals surface area contributed by atoms with Crippen LogP contribution in [0, 0.1) is 10.1 Å². The first kappa shape index (κ1) is 22.1. The quantitative estimate of drug-likeness (QED) is 0.276. The molecule has 2 N–H and O–H groups in total. The minimum Gasteiger partial charge on any atom is -0.496 e. The van der Waals surface area contributed by atoms with Crippen molar-refractivity contribution in [2.45, 2.75) is 6.92 Å². The maximum atomic E-state index is 12.6. The van der Waals surface area contributed by atoms with Crippen molar-refractivity contribution in [2.24, 2.45) is 0 Å². The summed E-state index contributed by atoms with van der Waals surface area (Å²) in [6.45, 7) is 3.14. The zero-order valence-electron chi connectivity index (χ0n) is 16.0. The second-order valence-electron chi connectivity index (χ2n) is 5.59. The van der Waals surface area contributed by atoms with Crippen LogP contribution in [0.1, 0.15) is 17.3 Å². The zero-order valence-corrected chi connectivity index (χ0v) is 16.8. The van der Waals surface area contributed by atoms with Gasteiger partial charge in [-0.3, -0.25) is 20.2 Å². The second-order valence-corrected chi connectivity index (χ2v) is 6.00. The fraction of sp³-hybridized carbons (Fsp3) is 0.263. The van der Waals surface area contributed by atoms with Gasteiger partial charge in [-0.25, -0.2) is 0 Å². The first-order chi connectivity index (χ1) is 14.0. The lowest BCUT2D eigenvalue weighted by atomic mass is 10.2. The van der Waals surface area contributed by atoms with E-state index in [1.165, 1.54) is 19.2 Å². The molecule has 0 aliphatic carbocycles. The van der Waals surface area contributed by atoms with E-state index in [9.17, 15) is 14.9 Å². The van der Waals surface area contributed by atoms with Crippen molar-refractivity contribution in [1.82, 2.24) is 5.32 Å². The molecule has 10 heteroatoms. The molecule has 0 saturated carbocycles. The molecule has 0 heterocycles. The molecule has 0 unspecified atom stereocenters. The fourth-order valence-electron chi connectivity index (χ4n) is 2.35. The molecule has 154 valence electrons. The molecular weight excluding hydrogens is 398 g/mol. The molecule has 0 radical (unpaired) electrons. The number of carbonyl (C=O) groups excluding carboxylic acids is 1. The monoisotopic (exact) mass is 419 g/mol. The van der Waals surface area contributed by atoms with Crippen LogP contribution in [0.25, 0.3) is 0 Å². The van der Waals surface area contributed by atoms with Crippen molar-refractivity contribution < 1.29 is 23.9 Å². The van der Waals surface area contributed by atoms with E-state index in [-0.39, 0.29) is 22.1 Å². The minimum atomic E-state index is -0.573. The van der Waals surface area contributed by atoms with Gasteiger partial charge in [0, 0.05) is 6.61 Å². The molecule has 29 heavy (non-hydrogen) atoms. The van der Waals surface area contributed by atoms with Crippen LogP contribution in [0.4, 0.5) is 11.4 Å². The molecule has 0 saturated heterocycles. The van der Waals surface area contributed by atoms with Gasteiger partial charge >= 0.3 is 0 Å². The largest absolute Gasteiger partial charge is 0.496 e. The number of methoxy groups -OCH3 is 1. The summed E-state index contributed by atoms with van der Waals surface area (Å²) < 4.78 is 15.8. The first-order valence-electron chi connectivity index (χ1n) is 8.70. The lowest BCUT2D eigenvalue weighted by Gasteiger charge is -2.13. The molecule has 0 fully saturated rings. The van der Waals surface area contributed by atoms with E-state index in [0.717, 1.165) is 0 Å². The average Bonchev–Trinajstić information content (AvgIpc) is 2.71. The Bertz CT molecular complexity index is 890. The maximum Gasteiger partial charge on any atom is 0.296 e. The summed E-state index contributed by atoms with van der Waals surface area (Å²) in [5, 5.41) is 16.3. The molecule has 0 aliphatic heterocycles. The lowest BCUT2D eigenvalue weighted by Crippen LogP contribution is -2.34. The highest BCUT2D eigenvalue weighted by molar-refractivity contribution is 7.80. The number of para-hydroxylation sites is 1. The van der Waals surface area contributed by atoms with Gasteiger partial charge in [-0.05, 0) is 43.4 Å². The standard InChI is InChI=1S/C19H21N3O6S/c1-3-27-10-11-28-17-7-5-4-6-14(17)18(23)21-19(29)20-15-9-8-13(26-2)12-16(15)22(24)25/h4-9,12H,3,10-11H2,1-2H3,(H2,20,21,23,29). The van der Waals surface area contributed by atoms with E-state index in [1.54, 1.807) is 30.3 Å². The number of rotatable bonds is 9. The minimum absolute atomic E-state index is 0.0904. The summed E-state index contributed by atoms with van der Waals surface area (Å²) in [5.74, 6) is 0.198. The van der Waals surface area contributed by atoms with Gasteiger partial charge in [0.2, 0.25) is 0 Å². The molecule has 9 nitrogen and oxygen atoms in total. The topological polar surface area (TPSA) is 112 Å². The number of anilines is 1. The van der Waals surface area contributed by atoms with Gasteiger partial charge in [0.25, 0.3) is 11.6 Å². The Morgan fingerprint density at radius 2 is 1.97 bits per heavy atom. The van der Waals surface area contributed by atoms with E-state index in [4.69, 9.17) is 26.4 Å². The summed E-state index contributed by atoms with van der Waals surface area (Å²) in [4.78, 5) is 23.3. The van der Waals surface area contributed by atoms with Gasteiger partial charge in [0.15, 0.2) is 5.11 Å². The van der Waals surface area contributed by atoms with Crippen molar-refractivity contribution in [3.63, 3.8) is 0 Å². The van der Waals surface area contributed by atoms with Crippen LogP contribution < -0.4 is 20.1 Å². The van der Waals surface area contributed by atoms with E-state index >= 15 is 0 Å². The maximum absolute atomic E-state index is 12.6. The molecule has 0 bridgehead atoms. The number of nitrogens with one attached hydrogen (secondary N) is 2. The molecule has 2 aromatic rings. The van der Waals surface area contributed by atoms with Crippen LogP contribution in [0.5, 0.6) is 11.5 Å². The first-order valence-corrected chi connectivity index (χ1v) is 9.11. The van der Waals surface area contributed by atoms with Crippen LogP contribution in [0.2, 0.25) is 0 Å². The number of ether oxygens (including phenoxy) is 3. The molecule has 1 amide bonds. The molecular formula is C19H21N3O6S. The van der Waals surface area contributed by atoms with Gasteiger partial charge in [-0.2, -0.15) is 0 Å². The third kappa shape index (κ3) is 6.40. The highest BCUT2D eigenvalue weighted by Crippen LogP contribution is 2.29. The Hall–Kier alpha value is -3.24. The normalized spacial score (nSPS) is 10.1. The Morgan fingerprint density at radius 3 is 2.66 bits per heavy atom. The van der Waals surface area contributed by atoms with Crippen LogP contribution in [-0.2, 0) is 4.74 Å². The van der Waals surface area contributed by atoms with Gasteiger partial charge in [0.05, 0.1) is 30.3 Å². The molecule has 2 aromatic carbocycles. The van der Waals surface area contributed by atoms with Crippen LogP contribution in [0.3, 0.4) is 0 Å². The number of carbonyl (C=O) groups is 1. The Labute approximate surface area is 173 Å².